The third-order valence-electron chi connectivity index (χ3n) is 4.59. The average molecular weight is 357 g/mol. The van der Waals surface area contributed by atoms with E-state index < -0.39 is 41.8 Å². The molecule has 0 aromatic heterocycles. The molecule has 25 heavy (non-hydrogen) atoms. The summed E-state index contributed by atoms with van der Waals surface area (Å²) in [4.78, 5) is 15.7. The van der Waals surface area contributed by atoms with Crippen molar-refractivity contribution in [3.8, 4) is 0 Å². The second kappa shape index (κ2) is 6.21. The first-order chi connectivity index (χ1) is 11.8. The molecule has 3 N–H and O–H groups in total. The highest BCUT2D eigenvalue weighted by molar-refractivity contribution is 5.94. The largest absolute Gasteiger partial charge is 0.462 e. The smallest absolute Gasteiger partial charge is 0.283 e. The summed E-state index contributed by atoms with van der Waals surface area (Å²) in [6.45, 7) is 1.53. The minimum atomic E-state index is -2.98. The van der Waals surface area contributed by atoms with Gasteiger partial charge in [-0.25, -0.2) is 18.2 Å². The number of carbonyl (C=O) groups excluding carboxylic acids is 1. The molecule has 1 saturated carbocycles. The number of nitrogens with zero attached hydrogens (tertiary/aromatic N) is 1. The fraction of sp³-hybridized carbons (Fsp3) is 0.500. The van der Waals surface area contributed by atoms with E-state index in [1.807, 2.05) is 0 Å². The van der Waals surface area contributed by atoms with E-state index in [1.165, 1.54) is 26.2 Å². The molecule has 0 radical (unpaired) electrons. The van der Waals surface area contributed by atoms with E-state index in [9.17, 15) is 18.0 Å². The molecular weight excluding hydrogens is 339 g/mol. The zero-order valence-corrected chi connectivity index (χ0v) is 13.6. The topological polar surface area (TPSA) is 85.9 Å². The lowest BCUT2D eigenvalue weighted by molar-refractivity contribution is -0.124. The van der Waals surface area contributed by atoms with E-state index in [-0.39, 0.29) is 17.3 Å². The Morgan fingerprint density at radius 1 is 1.52 bits per heavy atom. The standard InChI is InChI=1S/C16H18F3N3O3/c1-7(24-2)13(23)21-8-3-4-11(17)9(5-8)16(14(18)19)10-6-12(10)25-15(20)22-16/h3-5,7,10,12,14H,6H2,1-2H3,(H2,20,22)(H,21,23)/t7-,10-,12+,16+/m0/s1. The van der Waals surface area contributed by atoms with Crippen molar-refractivity contribution in [1.29, 1.82) is 0 Å². The number of ether oxygens (including phenoxy) is 2. The lowest BCUT2D eigenvalue weighted by Crippen LogP contribution is -2.43. The monoisotopic (exact) mass is 357 g/mol. The molecule has 136 valence electrons. The second-order valence-electron chi connectivity index (χ2n) is 6.14. The van der Waals surface area contributed by atoms with Crippen molar-refractivity contribution in [2.45, 2.75) is 37.5 Å². The lowest BCUT2D eigenvalue weighted by atomic mass is 9.84. The van der Waals surface area contributed by atoms with E-state index in [0.717, 1.165) is 6.07 Å². The first-order valence-corrected chi connectivity index (χ1v) is 7.73. The second-order valence-corrected chi connectivity index (χ2v) is 6.14. The molecule has 4 atom stereocenters. The van der Waals surface area contributed by atoms with Crippen LogP contribution in [0.2, 0.25) is 0 Å². The van der Waals surface area contributed by atoms with Crippen LogP contribution in [0.3, 0.4) is 0 Å². The van der Waals surface area contributed by atoms with Gasteiger partial charge in [-0.15, -0.1) is 0 Å². The van der Waals surface area contributed by atoms with Crippen LogP contribution in [0.1, 0.15) is 18.9 Å². The quantitative estimate of drug-likeness (QED) is 0.844. The molecule has 6 nitrogen and oxygen atoms in total. The minimum absolute atomic E-state index is 0.169. The number of fused-ring (bicyclic) bond motifs is 1. The minimum Gasteiger partial charge on any atom is -0.462 e. The number of amides is 1. The van der Waals surface area contributed by atoms with Gasteiger partial charge in [0.15, 0.2) is 5.54 Å². The SMILES string of the molecule is CO[C@@H](C)C(=O)Nc1ccc(F)c([C@@]2(C(F)F)N=C(N)O[C@@H]3C[C@@H]32)c1. The van der Waals surface area contributed by atoms with Crippen LogP contribution < -0.4 is 11.1 Å². The fourth-order valence-corrected chi connectivity index (χ4v) is 3.06. The van der Waals surface area contributed by atoms with Crippen molar-refractivity contribution in [3.05, 3.63) is 29.6 Å². The summed E-state index contributed by atoms with van der Waals surface area (Å²) in [7, 11) is 1.36. The van der Waals surface area contributed by atoms with Gasteiger partial charge in [0.2, 0.25) is 0 Å². The van der Waals surface area contributed by atoms with Gasteiger partial charge < -0.3 is 20.5 Å². The first-order valence-electron chi connectivity index (χ1n) is 7.73. The van der Waals surface area contributed by atoms with Gasteiger partial charge >= 0.3 is 0 Å². The number of benzene rings is 1. The van der Waals surface area contributed by atoms with Crippen LogP contribution in [0.25, 0.3) is 0 Å². The van der Waals surface area contributed by atoms with Crippen LogP contribution in [0.15, 0.2) is 23.2 Å². The van der Waals surface area contributed by atoms with E-state index in [4.69, 9.17) is 15.2 Å². The van der Waals surface area contributed by atoms with Gasteiger partial charge in [0.05, 0.1) is 0 Å². The predicted molar refractivity (Wildman–Crippen MR) is 83.8 cm³/mol. The molecule has 0 saturated heterocycles. The van der Waals surface area contributed by atoms with E-state index in [0.29, 0.717) is 6.42 Å². The zero-order chi connectivity index (χ0) is 18.4. The van der Waals surface area contributed by atoms with Crippen LogP contribution in [-0.4, -0.2) is 37.7 Å². The van der Waals surface area contributed by atoms with Crippen LogP contribution in [0.5, 0.6) is 0 Å². The van der Waals surface area contributed by atoms with Crippen molar-refractivity contribution in [2.75, 3.05) is 12.4 Å². The molecular formula is C16H18F3N3O3. The van der Waals surface area contributed by atoms with Gasteiger partial charge in [0.1, 0.15) is 18.0 Å². The maximum atomic E-state index is 14.4. The number of carbonyl (C=O) groups is 1. The Hall–Kier alpha value is -2.29. The van der Waals surface area contributed by atoms with Gasteiger partial charge in [-0.2, -0.15) is 0 Å². The van der Waals surface area contributed by atoms with Crippen LogP contribution in [0, 0.1) is 11.7 Å². The molecule has 1 aromatic carbocycles. The number of halogens is 3. The van der Waals surface area contributed by atoms with E-state index in [2.05, 4.69) is 10.3 Å². The molecule has 0 unspecified atom stereocenters. The van der Waals surface area contributed by atoms with Crippen molar-refractivity contribution in [3.63, 3.8) is 0 Å². The Balaban J connectivity index is 2.02. The number of amidine groups is 1. The third kappa shape index (κ3) is 2.92. The number of nitrogens with two attached hydrogens (primary N) is 1. The molecule has 3 rings (SSSR count). The highest BCUT2D eigenvalue weighted by Gasteiger charge is 2.64. The fourth-order valence-electron chi connectivity index (χ4n) is 3.06. The molecule has 0 bridgehead atoms. The number of hydrogen-bond acceptors (Lipinski definition) is 5. The number of methoxy groups -OCH3 is 1. The first kappa shape index (κ1) is 17.5. The zero-order valence-electron chi connectivity index (χ0n) is 13.6. The van der Waals surface area contributed by atoms with Gasteiger partial charge in [-0.1, -0.05) is 0 Å². The van der Waals surface area contributed by atoms with E-state index >= 15 is 0 Å². The summed E-state index contributed by atoms with van der Waals surface area (Å²) in [6, 6.07) is 3.08. The molecule has 9 heteroatoms. The molecule has 0 spiro atoms. The summed E-state index contributed by atoms with van der Waals surface area (Å²) < 4.78 is 52.4. The van der Waals surface area contributed by atoms with Gasteiger partial charge in [-0.05, 0) is 31.5 Å². The maximum Gasteiger partial charge on any atom is 0.283 e. The summed E-state index contributed by atoms with van der Waals surface area (Å²) in [5.74, 6) is -1.99. The number of nitrogens with one attached hydrogen (secondary N) is 1. The number of alkyl halides is 2. The molecule has 1 aromatic rings. The summed E-state index contributed by atoms with van der Waals surface area (Å²) in [5.41, 5.74) is 3.25. The van der Waals surface area contributed by atoms with Gasteiger partial charge in [0.25, 0.3) is 18.4 Å². The molecule has 1 aliphatic carbocycles. The Bertz CT molecular complexity index is 728. The van der Waals surface area contributed by atoms with Crippen molar-refractivity contribution in [2.24, 2.45) is 16.6 Å². The number of anilines is 1. The number of rotatable bonds is 5. The Morgan fingerprint density at radius 3 is 2.88 bits per heavy atom. The van der Waals surface area contributed by atoms with Gasteiger partial charge in [-0.3, -0.25) is 4.79 Å². The predicted octanol–water partition coefficient (Wildman–Crippen LogP) is 1.99. The van der Waals surface area contributed by atoms with Crippen molar-refractivity contribution >= 4 is 17.6 Å². The molecule has 1 amide bonds. The maximum absolute atomic E-state index is 14.4. The Morgan fingerprint density at radius 2 is 2.24 bits per heavy atom. The summed E-state index contributed by atoms with van der Waals surface area (Å²) >= 11 is 0. The van der Waals surface area contributed by atoms with Crippen LogP contribution in [-0.2, 0) is 19.8 Å². The van der Waals surface area contributed by atoms with Crippen molar-refractivity contribution < 1.29 is 27.4 Å². The molecule has 1 aliphatic heterocycles. The highest BCUT2D eigenvalue weighted by atomic mass is 19.3. The summed E-state index contributed by atoms with van der Waals surface area (Å²) in [5, 5.41) is 2.51. The normalized spacial score (nSPS) is 28.6. The highest BCUT2D eigenvalue weighted by Crippen LogP contribution is 2.56. The molecule has 1 fully saturated rings. The van der Waals surface area contributed by atoms with Crippen molar-refractivity contribution in [1.82, 2.24) is 0 Å². The molecule has 2 aliphatic rings. The van der Waals surface area contributed by atoms with Crippen LogP contribution >= 0.6 is 0 Å². The number of aliphatic imine (C=N–C) groups is 1. The van der Waals surface area contributed by atoms with Crippen LogP contribution in [0.4, 0.5) is 18.9 Å². The average Bonchev–Trinajstić information content (AvgIpc) is 3.34. The number of hydrogen-bond donors (Lipinski definition) is 2. The van der Waals surface area contributed by atoms with Gasteiger partial charge in [0, 0.05) is 24.3 Å². The van der Waals surface area contributed by atoms with E-state index in [1.54, 1.807) is 0 Å². The Kier molecular flexibility index (Phi) is 4.36. The third-order valence-corrected chi connectivity index (χ3v) is 4.59. The molecule has 1 heterocycles. The lowest BCUT2D eigenvalue weighted by Gasteiger charge is -2.33. The summed E-state index contributed by atoms with van der Waals surface area (Å²) in [6.07, 6.45) is -3.92. The Labute approximate surface area is 142 Å².